The van der Waals surface area contributed by atoms with Crippen molar-refractivity contribution in [1.82, 2.24) is 0 Å². The summed E-state index contributed by atoms with van der Waals surface area (Å²) in [5.41, 5.74) is 0.640. The van der Waals surface area contributed by atoms with Crippen LogP contribution < -0.4 is 0 Å². The largest absolute Gasteiger partial charge is 0.507 e. The third-order valence-corrected chi connectivity index (χ3v) is 7.50. The number of aliphatic hydroxyl groups excluding tert-OH is 6. The Morgan fingerprint density at radius 3 is 2.32 bits per heavy atom. The quantitative estimate of drug-likeness (QED) is 0.228. The zero-order valence-corrected chi connectivity index (χ0v) is 20.3. The van der Waals surface area contributed by atoms with Gasteiger partial charge in [0.05, 0.1) is 36.5 Å². The van der Waals surface area contributed by atoms with Gasteiger partial charge in [0.25, 0.3) is 0 Å². The summed E-state index contributed by atoms with van der Waals surface area (Å²) in [7, 11) is 0. The van der Waals surface area contributed by atoms with Crippen LogP contribution in [0.4, 0.5) is 0 Å². The molecule has 0 radical (unpaired) electrons. The van der Waals surface area contributed by atoms with Gasteiger partial charge in [-0.25, -0.2) is 0 Å². The lowest BCUT2D eigenvalue weighted by molar-refractivity contribution is -0.296. The van der Waals surface area contributed by atoms with Gasteiger partial charge in [0.1, 0.15) is 48.1 Å². The zero-order chi connectivity index (χ0) is 27.5. The molecule has 38 heavy (non-hydrogen) atoms. The van der Waals surface area contributed by atoms with Crippen molar-refractivity contribution in [3.63, 3.8) is 0 Å². The van der Waals surface area contributed by atoms with Gasteiger partial charge in [0, 0.05) is 5.92 Å². The SMILES string of the molecule is C[C@@H]1O[C@@H](OCc2cc(O)c3c(c2)[C@H]([C@@H]2OC[C@@H](O)[C@H](O)[C@H]2O)c2cccc(O)c2C3=O)[C@H](O)[C@H](O)[C@H]1O. The van der Waals surface area contributed by atoms with Crippen LogP contribution in [0.5, 0.6) is 11.5 Å². The molecule has 2 aliphatic heterocycles. The Morgan fingerprint density at radius 2 is 1.58 bits per heavy atom. The molecule has 2 heterocycles. The molecule has 8 N–H and O–H groups in total. The van der Waals surface area contributed by atoms with Crippen molar-refractivity contribution in [3.8, 4) is 11.5 Å². The molecular formula is C26H30O12. The molecule has 0 amide bonds. The van der Waals surface area contributed by atoms with Gasteiger partial charge in [-0.2, -0.15) is 0 Å². The minimum Gasteiger partial charge on any atom is -0.507 e. The third kappa shape index (κ3) is 4.37. The number of carbonyl (C=O) groups excluding carboxylic acids is 1. The molecule has 2 saturated heterocycles. The first kappa shape index (κ1) is 26.9. The molecule has 1 aliphatic carbocycles. The smallest absolute Gasteiger partial charge is 0.201 e. The number of hydrogen-bond acceptors (Lipinski definition) is 12. The van der Waals surface area contributed by atoms with E-state index in [2.05, 4.69) is 0 Å². The number of aromatic hydroxyl groups is 2. The molecular weight excluding hydrogens is 504 g/mol. The Hall–Kier alpha value is -2.65. The number of hydrogen-bond donors (Lipinski definition) is 8. The summed E-state index contributed by atoms with van der Waals surface area (Å²) < 4.78 is 16.8. The van der Waals surface area contributed by atoms with E-state index < -0.39 is 72.6 Å². The number of phenolic OH excluding ortho intramolecular Hbond substituents is 2. The molecule has 2 aromatic carbocycles. The molecule has 206 valence electrons. The second-order valence-corrected chi connectivity index (χ2v) is 9.97. The first-order chi connectivity index (χ1) is 18.0. The minimum atomic E-state index is -1.57. The third-order valence-electron chi connectivity index (χ3n) is 7.50. The summed E-state index contributed by atoms with van der Waals surface area (Å²) in [5, 5.41) is 82.6. The number of rotatable bonds is 4. The highest BCUT2D eigenvalue weighted by atomic mass is 16.7. The Kier molecular flexibility index (Phi) is 7.20. The number of phenols is 2. The number of benzene rings is 2. The molecule has 3 aliphatic rings. The van der Waals surface area contributed by atoms with E-state index in [9.17, 15) is 45.6 Å². The zero-order valence-electron chi connectivity index (χ0n) is 20.3. The molecule has 10 atom stereocenters. The number of ether oxygens (including phenoxy) is 3. The van der Waals surface area contributed by atoms with Crippen LogP contribution >= 0.6 is 0 Å². The maximum Gasteiger partial charge on any atom is 0.201 e. The Labute approximate surface area is 216 Å². The fraction of sp³-hybridized carbons (Fsp3) is 0.500. The van der Waals surface area contributed by atoms with E-state index in [0.717, 1.165) is 0 Å². The highest BCUT2D eigenvalue weighted by molar-refractivity contribution is 6.16. The van der Waals surface area contributed by atoms with E-state index in [1.165, 1.54) is 31.2 Å². The van der Waals surface area contributed by atoms with Crippen molar-refractivity contribution in [2.45, 2.75) is 74.6 Å². The molecule has 12 nitrogen and oxygen atoms in total. The number of aliphatic hydroxyl groups is 6. The summed E-state index contributed by atoms with van der Waals surface area (Å²) in [6, 6.07) is 7.18. The average Bonchev–Trinajstić information content (AvgIpc) is 2.88. The molecule has 0 unspecified atom stereocenters. The van der Waals surface area contributed by atoms with Crippen LogP contribution in [0, 0.1) is 0 Å². The van der Waals surface area contributed by atoms with E-state index in [-0.39, 0.29) is 35.7 Å². The lowest BCUT2D eigenvalue weighted by Crippen LogP contribution is -2.57. The number of ketones is 1. The maximum atomic E-state index is 13.4. The predicted molar refractivity (Wildman–Crippen MR) is 126 cm³/mol. The van der Waals surface area contributed by atoms with Gasteiger partial charge in [-0.15, -0.1) is 0 Å². The fourth-order valence-corrected chi connectivity index (χ4v) is 5.45. The molecule has 2 fully saturated rings. The second kappa shape index (κ2) is 10.2. The van der Waals surface area contributed by atoms with Crippen molar-refractivity contribution in [2.24, 2.45) is 0 Å². The summed E-state index contributed by atoms with van der Waals surface area (Å²) >= 11 is 0. The molecule has 12 heteroatoms. The first-order valence-electron chi connectivity index (χ1n) is 12.2. The van der Waals surface area contributed by atoms with E-state index in [1.807, 2.05) is 0 Å². The molecule has 2 aromatic rings. The van der Waals surface area contributed by atoms with Gasteiger partial charge in [-0.05, 0) is 35.7 Å². The standard InChI is InChI=1S/C26H30O12/c1-9-19(30)22(33)24(35)26(38-9)37-7-10-5-12-16(25-23(34)20(31)15(29)8-36-25)11-3-2-4-13(27)17(11)21(32)18(12)14(28)6-10/h2-6,9,15-16,19-20,22-31,33-35H,7-8H2,1H3/t9-,15+,16+,19-,20-,22+,23+,24+,25-,26+/m0/s1. The molecule has 0 saturated carbocycles. The van der Waals surface area contributed by atoms with Gasteiger partial charge in [0.15, 0.2) is 6.29 Å². The second-order valence-electron chi connectivity index (χ2n) is 9.97. The van der Waals surface area contributed by atoms with Crippen LogP contribution in [0.15, 0.2) is 30.3 Å². The van der Waals surface area contributed by atoms with Gasteiger partial charge in [0.2, 0.25) is 5.78 Å². The minimum absolute atomic E-state index is 0.0824. The van der Waals surface area contributed by atoms with Crippen LogP contribution in [0.1, 0.15) is 45.5 Å². The Bertz CT molecular complexity index is 1220. The van der Waals surface area contributed by atoms with E-state index in [0.29, 0.717) is 11.1 Å². The lowest BCUT2D eigenvalue weighted by atomic mass is 9.71. The van der Waals surface area contributed by atoms with Crippen molar-refractivity contribution < 1.29 is 59.9 Å². The van der Waals surface area contributed by atoms with Crippen LogP contribution in [-0.4, -0.2) is 108 Å². The van der Waals surface area contributed by atoms with E-state index >= 15 is 0 Å². The van der Waals surface area contributed by atoms with Gasteiger partial charge in [-0.3, -0.25) is 4.79 Å². The van der Waals surface area contributed by atoms with Gasteiger partial charge >= 0.3 is 0 Å². The normalized spacial score (nSPS) is 37.0. The average molecular weight is 535 g/mol. The monoisotopic (exact) mass is 534 g/mol. The summed E-state index contributed by atoms with van der Waals surface area (Å²) in [4.78, 5) is 13.4. The Balaban J connectivity index is 1.53. The van der Waals surface area contributed by atoms with E-state index in [1.54, 1.807) is 6.07 Å². The molecule has 0 bridgehead atoms. The van der Waals surface area contributed by atoms with Crippen molar-refractivity contribution in [3.05, 3.63) is 58.1 Å². The molecule has 0 aromatic heterocycles. The van der Waals surface area contributed by atoms with Crippen LogP contribution in [0.25, 0.3) is 0 Å². The van der Waals surface area contributed by atoms with Crippen molar-refractivity contribution in [2.75, 3.05) is 6.61 Å². The summed E-state index contributed by atoms with van der Waals surface area (Å²) in [6.45, 7) is 0.959. The number of carbonyl (C=O) groups is 1. The summed E-state index contributed by atoms with van der Waals surface area (Å²) in [5.74, 6) is -2.37. The van der Waals surface area contributed by atoms with Crippen molar-refractivity contribution in [1.29, 1.82) is 0 Å². The highest BCUT2D eigenvalue weighted by Crippen LogP contribution is 2.47. The molecule has 0 spiro atoms. The van der Waals surface area contributed by atoms with Gasteiger partial charge in [-0.1, -0.05) is 18.2 Å². The molecule has 5 rings (SSSR count). The topological polar surface area (TPSA) is 207 Å². The highest BCUT2D eigenvalue weighted by Gasteiger charge is 2.47. The summed E-state index contributed by atoms with van der Waals surface area (Å²) in [6.07, 6.45) is -12.1. The van der Waals surface area contributed by atoms with Crippen LogP contribution in [-0.2, 0) is 20.8 Å². The maximum absolute atomic E-state index is 13.4. The van der Waals surface area contributed by atoms with Gasteiger partial charge < -0.3 is 55.1 Å². The lowest BCUT2D eigenvalue weighted by Gasteiger charge is -2.42. The van der Waals surface area contributed by atoms with Crippen molar-refractivity contribution >= 4 is 5.78 Å². The van der Waals surface area contributed by atoms with Crippen LogP contribution in [0.3, 0.4) is 0 Å². The predicted octanol–water partition coefficient (Wildman–Crippen LogP) is -1.40. The Morgan fingerprint density at radius 1 is 0.868 bits per heavy atom. The number of fused-ring (bicyclic) bond motifs is 2. The van der Waals surface area contributed by atoms with Crippen LogP contribution in [0.2, 0.25) is 0 Å². The van der Waals surface area contributed by atoms with E-state index in [4.69, 9.17) is 14.2 Å². The fourth-order valence-electron chi connectivity index (χ4n) is 5.45. The first-order valence-corrected chi connectivity index (χ1v) is 12.2.